The van der Waals surface area contributed by atoms with E-state index in [1.54, 1.807) is 30.2 Å². The van der Waals surface area contributed by atoms with E-state index < -0.39 is 0 Å². The van der Waals surface area contributed by atoms with E-state index in [1.165, 1.54) is 28.3 Å². The van der Waals surface area contributed by atoms with Crippen LogP contribution in [-0.2, 0) is 4.79 Å². The Morgan fingerprint density at radius 3 is 2.60 bits per heavy atom. The molecule has 2 aromatic heterocycles. The van der Waals surface area contributed by atoms with E-state index in [0.29, 0.717) is 40.9 Å². The Labute approximate surface area is 233 Å². The van der Waals surface area contributed by atoms with Gasteiger partial charge < -0.3 is 15.4 Å². The minimum atomic E-state index is -0.351. The maximum atomic E-state index is 13.9. The van der Waals surface area contributed by atoms with Crippen LogP contribution in [0.3, 0.4) is 0 Å². The lowest BCUT2D eigenvalue weighted by Gasteiger charge is -2.17. The highest BCUT2D eigenvalue weighted by Gasteiger charge is 2.25. The molecule has 2 N–H and O–H groups in total. The number of carbonyl (C=O) groups is 1. The second kappa shape index (κ2) is 11.7. The molecule has 10 heteroatoms. The molecule has 10 nitrogen and oxygen atoms in total. The molecule has 2 heterocycles. The molecule has 0 spiro atoms. The number of rotatable bonds is 11. The van der Waals surface area contributed by atoms with E-state index in [2.05, 4.69) is 28.8 Å². The van der Waals surface area contributed by atoms with E-state index in [4.69, 9.17) is 10.5 Å². The molecule has 1 aliphatic rings. The maximum Gasteiger partial charge on any atom is 0.339 e. The quantitative estimate of drug-likeness (QED) is 0.226. The Balaban J connectivity index is 1.47. The molecule has 0 atom stereocenters. The molecular weight excluding hydrogens is 506 g/mol. The summed E-state index contributed by atoms with van der Waals surface area (Å²) in [7, 11) is 3.78. The van der Waals surface area contributed by atoms with E-state index in [-0.39, 0.29) is 17.4 Å². The van der Waals surface area contributed by atoms with Crippen molar-refractivity contribution in [3.8, 4) is 17.1 Å². The number of nitrogens with zero attached hydrogens (tertiary/aromatic N) is 6. The van der Waals surface area contributed by atoms with Crippen molar-refractivity contribution in [2.75, 3.05) is 37.9 Å². The van der Waals surface area contributed by atoms with Crippen molar-refractivity contribution in [1.29, 1.82) is 0 Å². The van der Waals surface area contributed by atoms with Crippen LogP contribution in [0.1, 0.15) is 32.6 Å². The number of unbranched alkanes of at least 4 members (excludes halogenated alkanes) is 1. The van der Waals surface area contributed by atoms with E-state index in [9.17, 15) is 9.59 Å². The van der Waals surface area contributed by atoms with Gasteiger partial charge in [-0.15, -0.1) is 0 Å². The van der Waals surface area contributed by atoms with Gasteiger partial charge in [-0.05, 0) is 68.8 Å². The van der Waals surface area contributed by atoms with E-state index in [0.717, 1.165) is 25.1 Å². The highest BCUT2D eigenvalue weighted by molar-refractivity contribution is 6.01. The Kier molecular flexibility index (Phi) is 7.97. The maximum absolute atomic E-state index is 13.9. The summed E-state index contributed by atoms with van der Waals surface area (Å²) in [6, 6.07) is 15.1. The van der Waals surface area contributed by atoms with Gasteiger partial charge in [-0.3, -0.25) is 14.3 Å². The minimum absolute atomic E-state index is 0.149. The summed E-state index contributed by atoms with van der Waals surface area (Å²) in [5, 5.41) is 0. The number of aromatic nitrogens is 4. The SMILES string of the molecule is CCCCOc1ccc(-n2c(=O)n(-c3cccc(N(C)C(=O)/C=C/CN(C)C4CC4)c3)c3ncnc(N)c32)cc1. The summed E-state index contributed by atoms with van der Waals surface area (Å²) in [6.45, 7) is 3.47. The first kappa shape index (κ1) is 27.1. The van der Waals surface area contributed by atoms with Crippen LogP contribution in [0, 0.1) is 0 Å². The molecule has 0 aliphatic heterocycles. The van der Waals surface area contributed by atoms with Gasteiger partial charge in [0.15, 0.2) is 11.5 Å². The number of benzene rings is 2. The van der Waals surface area contributed by atoms with Gasteiger partial charge in [-0.25, -0.2) is 19.3 Å². The van der Waals surface area contributed by atoms with Crippen LogP contribution in [0.2, 0.25) is 0 Å². The molecule has 2 aromatic carbocycles. The van der Waals surface area contributed by atoms with E-state index >= 15 is 0 Å². The number of carbonyl (C=O) groups excluding carboxylic acids is 1. The lowest BCUT2D eigenvalue weighted by molar-refractivity contribution is -0.113. The molecule has 4 aromatic rings. The first-order valence-electron chi connectivity index (χ1n) is 13.6. The van der Waals surface area contributed by atoms with Crippen molar-refractivity contribution in [3.05, 3.63) is 77.5 Å². The van der Waals surface area contributed by atoms with Crippen molar-refractivity contribution in [3.63, 3.8) is 0 Å². The Morgan fingerprint density at radius 2 is 1.88 bits per heavy atom. The third-order valence-corrected chi connectivity index (χ3v) is 7.14. The zero-order valence-corrected chi connectivity index (χ0v) is 23.2. The number of likely N-dealkylation sites (N-methyl/N-ethyl adjacent to an activating group) is 2. The number of amides is 1. The zero-order chi connectivity index (χ0) is 28.2. The van der Waals surface area contributed by atoms with Gasteiger partial charge in [0.05, 0.1) is 18.0 Å². The molecule has 1 fully saturated rings. The predicted molar refractivity (Wildman–Crippen MR) is 157 cm³/mol. The van der Waals surface area contributed by atoms with Crippen molar-refractivity contribution in [2.24, 2.45) is 0 Å². The molecule has 5 rings (SSSR count). The number of nitrogens with two attached hydrogens (primary N) is 1. The van der Waals surface area contributed by atoms with Gasteiger partial charge in [-0.2, -0.15) is 0 Å². The number of hydrogen-bond acceptors (Lipinski definition) is 7. The van der Waals surface area contributed by atoms with Crippen LogP contribution >= 0.6 is 0 Å². The lowest BCUT2D eigenvalue weighted by atomic mass is 10.2. The number of imidazole rings is 1. The summed E-state index contributed by atoms with van der Waals surface area (Å²) in [6.07, 6.45) is 9.27. The molecule has 1 aliphatic carbocycles. The largest absolute Gasteiger partial charge is 0.494 e. The summed E-state index contributed by atoms with van der Waals surface area (Å²) in [5.74, 6) is 0.768. The third-order valence-electron chi connectivity index (χ3n) is 7.14. The Hall–Kier alpha value is -4.44. The number of nitrogen functional groups attached to an aromatic ring is 1. The average Bonchev–Trinajstić information content (AvgIpc) is 3.77. The van der Waals surface area contributed by atoms with Gasteiger partial charge in [0.1, 0.15) is 17.6 Å². The summed E-state index contributed by atoms with van der Waals surface area (Å²) in [4.78, 5) is 39.1. The Bertz CT molecular complexity index is 1590. The van der Waals surface area contributed by atoms with Crippen LogP contribution in [-0.4, -0.2) is 63.2 Å². The second-order valence-corrected chi connectivity index (χ2v) is 10.1. The van der Waals surface area contributed by atoms with Crippen LogP contribution in [0.25, 0.3) is 22.5 Å². The normalized spacial score (nSPS) is 13.4. The van der Waals surface area contributed by atoms with Crippen molar-refractivity contribution < 1.29 is 9.53 Å². The monoisotopic (exact) mass is 541 g/mol. The first-order valence-corrected chi connectivity index (χ1v) is 13.6. The van der Waals surface area contributed by atoms with Crippen LogP contribution in [0.5, 0.6) is 5.75 Å². The summed E-state index contributed by atoms with van der Waals surface area (Å²) in [5.41, 5.74) is 8.50. The molecule has 208 valence electrons. The topological polar surface area (TPSA) is 112 Å². The van der Waals surface area contributed by atoms with Crippen LogP contribution in [0.4, 0.5) is 11.5 Å². The molecule has 1 amide bonds. The molecule has 0 unspecified atom stereocenters. The highest BCUT2D eigenvalue weighted by atomic mass is 16.5. The van der Waals surface area contributed by atoms with Crippen molar-refractivity contribution in [2.45, 2.75) is 38.6 Å². The number of fused-ring (bicyclic) bond motifs is 1. The molecular formula is C30H35N7O3. The van der Waals surface area contributed by atoms with Gasteiger partial charge in [0.25, 0.3) is 0 Å². The Morgan fingerprint density at radius 1 is 1.10 bits per heavy atom. The first-order chi connectivity index (χ1) is 19.4. The fourth-order valence-corrected chi connectivity index (χ4v) is 4.61. The van der Waals surface area contributed by atoms with Crippen LogP contribution < -0.4 is 21.1 Å². The predicted octanol–water partition coefficient (Wildman–Crippen LogP) is 3.95. The van der Waals surface area contributed by atoms with Crippen LogP contribution in [0.15, 0.2) is 71.8 Å². The highest BCUT2D eigenvalue weighted by Crippen LogP contribution is 2.26. The van der Waals surface area contributed by atoms with Gasteiger partial charge in [0, 0.05) is 31.4 Å². The van der Waals surface area contributed by atoms with Gasteiger partial charge in [-0.1, -0.05) is 25.5 Å². The fourth-order valence-electron chi connectivity index (χ4n) is 4.61. The molecule has 1 saturated carbocycles. The second-order valence-electron chi connectivity index (χ2n) is 10.1. The van der Waals surface area contributed by atoms with E-state index in [1.807, 2.05) is 42.5 Å². The fraction of sp³-hybridized carbons (Fsp3) is 0.333. The van der Waals surface area contributed by atoms with Gasteiger partial charge in [0.2, 0.25) is 5.91 Å². The van der Waals surface area contributed by atoms with Crippen molar-refractivity contribution in [1.82, 2.24) is 24.0 Å². The smallest absolute Gasteiger partial charge is 0.339 e. The standard InChI is InChI=1S/C30H35N7O3/c1-4-5-18-40-25-15-13-22(14-16-25)36-27-28(31)32-20-33-29(27)37(30(36)39)24-9-6-8-23(19-24)35(3)26(38)10-7-17-34(2)21-11-12-21/h6-10,13-16,19-21H,4-5,11-12,17-18H2,1-3H3,(H2,31,32,33)/b10-7+. The average molecular weight is 542 g/mol. The third kappa shape index (κ3) is 5.62. The summed E-state index contributed by atoms with van der Waals surface area (Å²) >= 11 is 0. The minimum Gasteiger partial charge on any atom is -0.494 e. The van der Waals surface area contributed by atoms with Crippen molar-refractivity contribution >= 4 is 28.6 Å². The molecule has 0 bridgehead atoms. The number of anilines is 2. The zero-order valence-electron chi connectivity index (χ0n) is 23.2. The molecule has 40 heavy (non-hydrogen) atoms. The summed E-state index contributed by atoms with van der Waals surface area (Å²) < 4.78 is 8.76. The number of ether oxygens (including phenoxy) is 1. The molecule has 0 radical (unpaired) electrons. The number of hydrogen-bond donors (Lipinski definition) is 1. The lowest BCUT2D eigenvalue weighted by Crippen LogP contribution is -2.26. The van der Waals surface area contributed by atoms with Gasteiger partial charge >= 0.3 is 5.69 Å². The molecule has 0 saturated heterocycles.